The quantitative estimate of drug-likeness (QED) is 0.188. The fourth-order valence-electron chi connectivity index (χ4n) is 4.76. The molecular weight excluding hydrogens is 650 g/mol. The first-order valence-electron chi connectivity index (χ1n) is 13.8. The Labute approximate surface area is 266 Å². The number of hydrogen-bond acceptors (Lipinski definition) is 4. The third-order valence-electron chi connectivity index (χ3n) is 6.93. The molecule has 1 unspecified atom stereocenters. The second kappa shape index (κ2) is 14.7. The molecule has 2 amide bonds. The summed E-state index contributed by atoms with van der Waals surface area (Å²) in [6.45, 7) is 3.50. The minimum atomic E-state index is -4.18. The van der Waals surface area contributed by atoms with E-state index >= 15 is 0 Å². The molecule has 224 valence electrons. The molecule has 0 fully saturated rings. The van der Waals surface area contributed by atoms with E-state index < -0.39 is 28.5 Å². The first kappa shape index (κ1) is 32.3. The number of benzene rings is 4. The van der Waals surface area contributed by atoms with Crippen LogP contribution in [-0.4, -0.2) is 44.3 Å². The third-order valence-corrected chi connectivity index (χ3v) is 9.46. The Kier molecular flexibility index (Phi) is 11.0. The fraction of sp³-hybridized carbons (Fsp3) is 0.212. The number of amides is 2. The van der Waals surface area contributed by atoms with Gasteiger partial charge in [0.25, 0.3) is 10.0 Å². The highest BCUT2D eigenvalue weighted by Gasteiger charge is 2.35. The maximum Gasteiger partial charge on any atom is 0.264 e. The lowest BCUT2D eigenvalue weighted by atomic mass is 10.0. The van der Waals surface area contributed by atoms with Gasteiger partial charge in [0.15, 0.2) is 0 Å². The zero-order valence-corrected chi connectivity index (χ0v) is 27.1. The minimum absolute atomic E-state index is 0.0428. The van der Waals surface area contributed by atoms with Crippen LogP contribution < -0.4 is 9.62 Å². The predicted molar refractivity (Wildman–Crippen MR) is 174 cm³/mol. The van der Waals surface area contributed by atoms with E-state index in [1.165, 1.54) is 17.0 Å². The van der Waals surface area contributed by atoms with Crippen molar-refractivity contribution in [1.29, 1.82) is 0 Å². The minimum Gasteiger partial charge on any atom is -0.355 e. The summed E-state index contributed by atoms with van der Waals surface area (Å²) in [4.78, 5) is 29.5. The number of aryl methyl sites for hydroxylation is 1. The standard InChI is InChI=1S/C33H33BrClN3O4S/c1-3-36-33(40)31(21-25-10-6-4-7-11-25)37(22-26-14-16-27(34)17-15-26)32(39)23-38(30-19-18-28(35)20-24(30)2)43(41,42)29-12-8-5-9-13-29/h4-20,31H,3,21-23H2,1-2H3,(H,36,40). The van der Waals surface area contributed by atoms with Crippen molar-refractivity contribution in [1.82, 2.24) is 10.2 Å². The average molecular weight is 683 g/mol. The van der Waals surface area contributed by atoms with Crippen molar-refractivity contribution in [3.63, 3.8) is 0 Å². The summed E-state index contributed by atoms with van der Waals surface area (Å²) in [6.07, 6.45) is 0.250. The molecule has 4 aromatic carbocycles. The van der Waals surface area contributed by atoms with Gasteiger partial charge in [0, 0.05) is 29.0 Å². The molecule has 0 heterocycles. The van der Waals surface area contributed by atoms with Crippen LogP contribution in [0.5, 0.6) is 0 Å². The van der Waals surface area contributed by atoms with Crippen LogP contribution in [0, 0.1) is 6.92 Å². The summed E-state index contributed by atoms with van der Waals surface area (Å²) in [5.41, 5.74) is 2.57. The van der Waals surface area contributed by atoms with Crippen LogP contribution in [0.2, 0.25) is 5.02 Å². The topological polar surface area (TPSA) is 86.8 Å². The van der Waals surface area contributed by atoms with E-state index in [9.17, 15) is 18.0 Å². The van der Waals surface area contributed by atoms with Crippen LogP contribution in [0.3, 0.4) is 0 Å². The smallest absolute Gasteiger partial charge is 0.264 e. The van der Waals surface area contributed by atoms with Crippen molar-refractivity contribution in [2.75, 3.05) is 17.4 Å². The lowest BCUT2D eigenvalue weighted by molar-refractivity contribution is -0.140. The summed E-state index contributed by atoms with van der Waals surface area (Å²) in [6, 6.07) is 28.8. The monoisotopic (exact) mass is 681 g/mol. The maximum absolute atomic E-state index is 14.4. The highest BCUT2D eigenvalue weighted by Crippen LogP contribution is 2.29. The Bertz CT molecular complexity index is 1650. The molecule has 1 N–H and O–H groups in total. The van der Waals surface area contributed by atoms with Gasteiger partial charge in [0.1, 0.15) is 12.6 Å². The van der Waals surface area contributed by atoms with E-state index in [0.717, 1.165) is 19.9 Å². The molecule has 0 aliphatic rings. The number of hydrogen-bond donors (Lipinski definition) is 1. The first-order valence-corrected chi connectivity index (χ1v) is 16.4. The van der Waals surface area contributed by atoms with Gasteiger partial charge in [0.05, 0.1) is 10.6 Å². The van der Waals surface area contributed by atoms with E-state index in [1.807, 2.05) is 61.5 Å². The first-order chi connectivity index (χ1) is 20.6. The van der Waals surface area contributed by atoms with E-state index in [2.05, 4.69) is 21.2 Å². The average Bonchev–Trinajstić information content (AvgIpc) is 3.00. The van der Waals surface area contributed by atoms with Gasteiger partial charge in [0.2, 0.25) is 11.8 Å². The second-order valence-electron chi connectivity index (χ2n) is 10.0. The summed E-state index contributed by atoms with van der Waals surface area (Å²) >= 11 is 9.65. The molecule has 10 heteroatoms. The summed E-state index contributed by atoms with van der Waals surface area (Å²) in [5.74, 6) is -0.846. The van der Waals surface area contributed by atoms with Crippen LogP contribution in [-0.2, 0) is 32.6 Å². The van der Waals surface area contributed by atoms with E-state index in [-0.39, 0.29) is 23.8 Å². The zero-order valence-electron chi connectivity index (χ0n) is 23.9. The molecule has 43 heavy (non-hydrogen) atoms. The number of carbonyl (C=O) groups excluding carboxylic acids is 2. The van der Waals surface area contributed by atoms with Crippen LogP contribution in [0.1, 0.15) is 23.6 Å². The summed E-state index contributed by atoms with van der Waals surface area (Å²) in [5, 5.41) is 3.31. The Morgan fingerprint density at radius 3 is 2.12 bits per heavy atom. The lowest BCUT2D eigenvalue weighted by Crippen LogP contribution is -2.53. The molecule has 4 aromatic rings. The van der Waals surface area contributed by atoms with Gasteiger partial charge in [-0.15, -0.1) is 0 Å². The van der Waals surface area contributed by atoms with Gasteiger partial charge < -0.3 is 10.2 Å². The maximum atomic E-state index is 14.4. The molecule has 0 spiro atoms. The molecule has 0 saturated heterocycles. The molecular formula is C33H33BrClN3O4S. The number of nitrogens with one attached hydrogen (secondary N) is 1. The van der Waals surface area contributed by atoms with Crippen molar-refractivity contribution < 1.29 is 18.0 Å². The third kappa shape index (κ3) is 8.25. The van der Waals surface area contributed by atoms with Gasteiger partial charge in [-0.2, -0.15) is 0 Å². The normalized spacial score (nSPS) is 11.9. The van der Waals surface area contributed by atoms with E-state index in [4.69, 9.17) is 11.6 Å². The number of halogens is 2. The molecule has 1 atom stereocenters. The number of anilines is 1. The second-order valence-corrected chi connectivity index (χ2v) is 13.2. The Balaban J connectivity index is 1.81. The highest BCUT2D eigenvalue weighted by molar-refractivity contribution is 9.10. The van der Waals surface area contributed by atoms with Gasteiger partial charge in [-0.25, -0.2) is 8.42 Å². The summed E-state index contributed by atoms with van der Waals surface area (Å²) < 4.78 is 30.1. The number of rotatable bonds is 12. The van der Waals surface area contributed by atoms with Crippen LogP contribution in [0.4, 0.5) is 5.69 Å². The van der Waals surface area contributed by atoms with Gasteiger partial charge in [-0.3, -0.25) is 13.9 Å². The number of nitrogens with zero attached hydrogens (tertiary/aromatic N) is 2. The predicted octanol–water partition coefficient (Wildman–Crippen LogP) is 6.38. The molecule has 0 aliphatic carbocycles. The lowest BCUT2D eigenvalue weighted by Gasteiger charge is -2.34. The number of carbonyl (C=O) groups is 2. The zero-order chi connectivity index (χ0) is 31.0. The number of likely N-dealkylation sites (N-methyl/N-ethyl adjacent to an activating group) is 1. The van der Waals surface area contributed by atoms with Crippen molar-refractivity contribution >= 4 is 55.1 Å². The van der Waals surface area contributed by atoms with Crippen molar-refractivity contribution in [3.8, 4) is 0 Å². The molecule has 4 rings (SSSR count). The molecule has 0 bridgehead atoms. The van der Waals surface area contributed by atoms with Gasteiger partial charge in [-0.1, -0.05) is 88.2 Å². The number of sulfonamides is 1. The van der Waals surface area contributed by atoms with Gasteiger partial charge >= 0.3 is 0 Å². The van der Waals surface area contributed by atoms with Crippen molar-refractivity contribution in [2.24, 2.45) is 0 Å². The molecule has 0 saturated carbocycles. The largest absolute Gasteiger partial charge is 0.355 e. The molecule has 0 aromatic heterocycles. The van der Waals surface area contributed by atoms with Gasteiger partial charge in [-0.05, 0) is 73.0 Å². The summed E-state index contributed by atoms with van der Waals surface area (Å²) in [7, 11) is -4.18. The molecule has 0 radical (unpaired) electrons. The Morgan fingerprint density at radius 1 is 0.884 bits per heavy atom. The van der Waals surface area contributed by atoms with E-state index in [1.54, 1.807) is 43.3 Å². The van der Waals surface area contributed by atoms with E-state index in [0.29, 0.717) is 22.8 Å². The van der Waals surface area contributed by atoms with Crippen molar-refractivity contribution in [2.45, 2.75) is 37.8 Å². The van der Waals surface area contributed by atoms with Crippen LogP contribution in [0.15, 0.2) is 112 Å². The van der Waals surface area contributed by atoms with Crippen molar-refractivity contribution in [3.05, 3.63) is 129 Å². The fourth-order valence-corrected chi connectivity index (χ4v) is 6.75. The Hall–Kier alpha value is -3.66. The Morgan fingerprint density at radius 2 is 1.51 bits per heavy atom. The molecule has 7 nitrogen and oxygen atoms in total. The molecule has 0 aliphatic heterocycles. The highest BCUT2D eigenvalue weighted by atomic mass is 79.9. The SMILES string of the molecule is CCNC(=O)C(Cc1ccccc1)N(Cc1ccc(Br)cc1)C(=O)CN(c1ccc(Cl)cc1C)S(=O)(=O)c1ccccc1. The van der Waals surface area contributed by atoms with Crippen LogP contribution in [0.25, 0.3) is 0 Å². The van der Waals surface area contributed by atoms with Crippen LogP contribution >= 0.6 is 27.5 Å².